The van der Waals surface area contributed by atoms with Gasteiger partial charge in [-0.05, 0) is 43.7 Å². The summed E-state index contributed by atoms with van der Waals surface area (Å²) in [6.45, 7) is 2.41. The van der Waals surface area contributed by atoms with Gasteiger partial charge in [-0.3, -0.25) is 9.10 Å². The second-order valence-corrected chi connectivity index (χ2v) is 7.63. The number of amides is 1. The monoisotopic (exact) mass is 330 g/mol. The van der Waals surface area contributed by atoms with Crippen molar-refractivity contribution >= 4 is 27.3 Å². The van der Waals surface area contributed by atoms with Gasteiger partial charge in [0.15, 0.2) is 0 Å². The highest BCUT2D eigenvalue weighted by molar-refractivity contribution is 7.93. The van der Waals surface area contributed by atoms with Crippen LogP contribution in [0.4, 0.5) is 11.4 Å². The summed E-state index contributed by atoms with van der Waals surface area (Å²) in [5.74, 6) is -0.0394. The van der Waals surface area contributed by atoms with E-state index in [4.69, 9.17) is 0 Å². The zero-order valence-corrected chi connectivity index (χ0v) is 13.6. The first-order chi connectivity index (χ1) is 11.0. The largest absolute Gasteiger partial charge is 0.322 e. The lowest BCUT2D eigenvalue weighted by molar-refractivity contribution is 0.102. The molecule has 0 radical (unpaired) electrons. The number of hydrogen-bond acceptors (Lipinski definition) is 3. The number of benzene rings is 2. The first-order valence-electron chi connectivity index (χ1n) is 7.44. The molecule has 3 rings (SSSR count). The number of carbonyl (C=O) groups is 1. The summed E-state index contributed by atoms with van der Waals surface area (Å²) in [6, 6.07) is 14.2. The van der Waals surface area contributed by atoms with Crippen molar-refractivity contribution in [3.63, 3.8) is 0 Å². The Morgan fingerprint density at radius 2 is 1.91 bits per heavy atom. The second kappa shape index (κ2) is 6.04. The smallest absolute Gasteiger partial charge is 0.255 e. The Bertz CT molecular complexity index is 846. The molecule has 0 aliphatic carbocycles. The molecule has 120 valence electrons. The van der Waals surface area contributed by atoms with Crippen LogP contribution in [0.3, 0.4) is 0 Å². The maximum absolute atomic E-state index is 12.3. The normalized spacial score (nSPS) is 16.3. The van der Waals surface area contributed by atoms with Gasteiger partial charge in [-0.2, -0.15) is 0 Å². The molecule has 1 amide bonds. The molecule has 23 heavy (non-hydrogen) atoms. The summed E-state index contributed by atoms with van der Waals surface area (Å²) in [4.78, 5) is 12.3. The Morgan fingerprint density at radius 1 is 1.13 bits per heavy atom. The van der Waals surface area contributed by atoms with Crippen LogP contribution in [0, 0.1) is 6.92 Å². The number of nitrogens with one attached hydrogen (secondary N) is 1. The van der Waals surface area contributed by atoms with E-state index in [0.29, 0.717) is 29.9 Å². The molecule has 1 aliphatic heterocycles. The van der Waals surface area contributed by atoms with Crippen molar-refractivity contribution < 1.29 is 13.2 Å². The summed E-state index contributed by atoms with van der Waals surface area (Å²) in [6.07, 6.45) is 0.627. The van der Waals surface area contributed by atoms with Gasteiger partial charge < -0.3 is 5.32 Å². The van der Waals surface area contributed by atoms with Gasteiger partial charge in [-0.1, -0.05) is 23.8 Å². The van der Waals surface area contributed by atoms with Crippen molar-refractivity contribution in [2.45, 2.75) is 13.3 Å². The average Bonchev–Trinajstić information content (AvgIpc) is 2.87. The van der Waals surface area contributed by atoms with Crippen molar-refractivity contribution in [3.05, 3.63) is 59.7 Å². The summed E-state index contributed by atoms with van der Waals surface area (Å²) in [7, 11) is -3.22. The summed E-state index contributed by atoms with van der Waals surface area (Å²) in [5.41, 5.74) is 2.75. The van der Waals surface area contributed by atoms with E-state index in [1.807, 2.05) is 25.1 Å². The third kappa shape index (κ3) is 3.37. The summed E-state index contributed by atoms with van der Waals surface area (Å²) < 4.78 is 25.4. The van der Waals surface area contributed by atoms with Crippen LogP contribution in [-0.4, -0.2) is 26.6 Å². The Hall–Kier alpha value is -2.34. The fraction of sp³-hybridized carbons (Fsp3) is 0.235. The molecule has 1 aliphatic rings. The van der Waals surface area contributed by atoms with Crippen LogP contribution in [0.1, 0.15) is 22.3 Å². The third-order valence-corrected chi connectivity index (χ3v) is 5.64. The number of rotatable bonds is 3. The maximum atomic E-state index is 12.3. The van der Waals surface area contributed by atoms with E-state index >= 15 is 0 Å². The van der Waals surface area contributed by atoms with Crippen LogP contribution in [0.25, 0.3) is 0 Å². The van der Waals surface area contributed by atoms with Gasteiger partial charge in [0.05, 0.1) is 11.4 Å². The predicted molar refractivity (Wildman–Crippen MR) is 91.3 cm³/mol. The van der Waals surface area contributed by atoms with Gasteiger partial charge in [-0.15, -0.1) is 0 Å². The number of anilines is 2. The fourth-order valence-electron chi connectivity index (χ4n) is 2.66. The second-order valence-electron chi connectivity index (χ2n) is 5.62. The number of nitrogens with zero attached hydrogens (tertiary/aromatic N) is 1. The lowest BCUT2D eigenvalue weighted by Gasteiger charge is -2.17. The minimum absolute atomic E-state index is 0.173. The number of aryl methyl sites for hydroxylation is 1. The SMILES string of the molecule is Cc1cccc(C(=O)Nc2cccc(N3CCCS3(=O)=O)c2)c1. The van der Waals surface area contributed by atoms with E-state index in [-0.39, 0.29) is 11.7 Å². The Labute approximate surface area is 136 Å². The van der Waals surface area contributed by atoms with Gasteiger partial charge >= 0.3 is 0 Å². The third-order valence-electron chi connectivity index (χ3n) is 3.77. The summed E-state index contributed by atoms with van der Waals surface area (Å²) in [5, 5.41) is 2.82. The first kappa shape index (κ1) is 15.6. The van der Waals surface area contributed by atoms with E-state index < -0.39 is 10.0 Å². The standard InChI is InChI=1S/C17H18N2O3S/c1-13-5-2-6-14(11-13)17(20)18-15-7-3-8-16(12-15)19-9-4-10-23(19,21)22/h2-3,5-8,11-12H,4,9-10H2,1H3,(H,18,20). The zero-order chi connectivity index (χ0) is 16.4. The van der Waals surface area contributed by atoms with Crippen LogP contribution in [0.2, 0.25) is 0 Å². The number of carbonyl (C=O) groups excluding carboxylic acids is 1. The number of sulfonamides is 1. The van der Waals surface area contributed by atoms with Gasteiger partial charge in [0.25, 0.3) is 5.91 Å². The summed E-state index contributed by atoms with van der Waals surface area (Å²) >= 11 is 0. The fourth-order valence-corrected chi connectivity index (χ4v) is 4.21. The van der Waals surface area contributed by atoms with Gasteiger partial charge in [0.2, 0.25) is 10.0 Å². The molecule has 0 unspecified atom stereocenters. The molecular weight excluding hydrogens is 312 g/mol. The molecular formula is C17H18N2O3S. The molecule has 0 spiro atoms. The molecule has 0 aromatic heterocycles. The van der Waals surface area contributed by atoms with E-state index in [1.54, 1.807) is 30.3 Å². The van der Waals surface area contributed by atoms with E-state index in [2.05, 4.69) is 5.32 Å². The molecule has 0 atom stereocenters. The molecule has 6 heteroatoms. The molecule has 5 nitrogen and oxygen atoms in total. The number of hydrogen-bond donors (Lipinski definition) is 1. The zero-order valence-electron chi connectivity index (χ0n) is 12.8. The van der Waals surface area contributed by atoms with Crippen LogP contribution in [0.5, 0.6) is 0 Å². The molecule has 1 saturated heterocycles. The average molecular weight is 330 g/mol. The molecule has 1 heterocycles. The van der Waals surface area contributed by atoms with Crippen molar-refractivity contribution in [1.29, 1.82) is 0 Å². The topological polar surface area (TPSA) is 66.5 Å². The Balaban J connectivity index is 1.82. The van der Waals surface area contributed by atoms with E-state index in [0.717, 1.165) is 5.56 Å². The Morgan fingerprint density at radius 3 is 2.61 bits per heavy atom. The molecule has 1 N–H and O–H groups in total. The van der Waals surface area contributed by atoms with Gasteiger partial charge in [0, 0.05) is 17.8 Å². The quantitative estimate of drug-likeness (QED) is 0.941. The lowest BCUT2D eigenvalue weighted by atomic mass is 10.1. The highest BCUT2D eigenvalue weighted by atomic mass is 32.2. The molecule has 2 aromatic carbocycles. The van der Waals surface area contributed by atoms with Gasteiger partial charge in [-0.25, -0.2) is 8.42 Å². The highest BCUT2D eigenvalue weighted by Crippen LogP contribution is 2.26. The maximum Gasteiger partial charge on any atom is 0.255 e. The molecule has 2 aromatic rings. The Kier molecular flexibility index (Phi) is 4.09. The highest BCUT2D eigenvalue weighted by Gasteiger charge is 2.28. The van der Waals surface area contributed by atoms with E-state index in [1.165, 1.54) is 4.31 Å². The van der Waals surface area contributed by atoms with E-state index in [9.17, 15) is 13.2 Å². The van der Waals surface area contributed by atoms with Crippen molar-refractivity contribution in [3.8, 4) is 0 Å². The molecule has 0 saturated carbocycles. The van der Waals surface area contributed by atoms with Crippen molar-refractivity contribution in [1.82, 2.24) is 0 Å². The van der Waals surface area contributed by atoms with Crippen molar-refractivity contribution in [2.75, 3.05) is 21.9 Å². The van der Waals surface area contributed by atoms with Crippen LogP contribution < -0.4 is 9.62 Å². The minimum atomic E-state index is -3.22. The minimum Gasteiger partial charge on any atom is -0.322 e. The van der Waals surface area contributed by atoms with Crippen LogP contribution in [0.15, 0.2) is 48.5 Å². The lowest BCUT2D eigenvalue weighted by Crippen LogP contribution is -2.25. The first-order valence-corrected chi connectivity index (χ1v) is 9.05. The van der Waals surface area contributed by atoms with Crippen LogP contribution in [-0.2, 0) is 10.0 Å². The molecule has 1 fully saturated rings. The van der Waals surface area contributed by atoms with Crippen LogP contribution >= 0.6 is 0 Å². The van der Waals surface area contributed by atoms with Gasteiger partial charge in [0.1, 0.15) is 0 Å². The molecule has 0 bridgehead atoms. The van der Waals surface area contributed by atoms with Crippen molar-refractivity contribution in [2.24, 2.45) is 0 Å². The predicted octanol–water partition coefficient (Wildman–Crippen LogP) is 2.79.